The summed E-state index contributed by atoms with van der Waals surface area (Å²) in [5.41, 5.74) is 2.14. The number of amides is 1. The number of hydrogen-bond acceptors (Lipinski definition) is 6. The fraction of sp³-hybridized carbons (Fsp3) is 0.111. The molecule has 1 N–H and O–H groups in total. The summed E-state index contributed by atoms with van der Waals surface area (Å²) in [7, 11) is 1.58. The van der Waals surface area contributed by atoms with E-state index in [9.17, 15) is 4.79 Å². The Bertz CT molecular complexity index is 1270. The van der Waals surface area contributed by atoms with Crippen LogP contribution >= 0.6 is 11.3 Å². The first kappa shape index (κ1) is 23.1. The zero-order chi connectivity index (χ0) is 23.8. The number of aromatic nitrogens is 1. The third-order valence-electron chi connectivity index (χ3n) is 4.83. The third-order valence-corrected chi connectivity index (χ3v) is 5.73. The van der Waals surface area contributed by atoms with Crippen molar-refractivity contribution in [2.45, 2.75) is 6.54 Å². The second-order valence-electron chi connectivity index (χ2n) is 7.25. The average molecular weight is 473 g/mol. The van der Waals surface area contributed by atoms with Crippen molar-refractivity contribution in [2.24, 2.45) is 0 Å². The van der Waals surface area contributed by atoms with Crippen molar-refractivity contribution < 1.29 is 19.0 Å². The van der Waals surface area contributed by atoms with Crippen molar-refractivity contribution in [1.29, 1.82) is 0 Å². The quantitative estimate of drug-likeness (QED) is 0.282. The number of nitrogens with zero attached hydrogens (tertiary/aromatic N) is 1. The van der Waals surface area contributed by atoms with Gasteiger partial charge in [0, 0.05) is 17.5 Å². The van der Waals surface area contributed by atoms with Crippen LogP contribution in [0.15, 0.2) is 90.8 Å². The highest BCUT2D eigenvalue weighted by Crippen LogP contribution is 2.34. The van der Waals surface area contributed by atoms with E-state index >= 15 is 0 Å². The lowest BCUT2D eigenvalue weighted by Crippen LogP contribution is -2.23. The normalized spacial score (nSPS) is 10.4. The third kappa shape index (κ3) is 5.82. The molecule has 0 aliphatic heterocycles. The monoisotopic (exact) mass is 472 g/mol. The van der Waals surface area contributed by atoms with Crippen molar-refractivity contribution >= 4 is 17.2 Å². The molecule has 0 unspecified atom stereocenters. The average Bonchev–Trinajstić information content (AvgIpc) is 3.37. The molecule has 4 aromatic rings. The Morgan fingerprint density at radius 3 is 2.65 bits per heavy atom. The van der Waals surface area contributed by atoms with Crippen LogP contribution in [0, 0.1) is 0 Å². The number of carbonyl (C=O) groups is 1. The van der Waals surface area contributed by atoms with Crippen molar-refractivity contribution in [3.05, 3.63) is 102 Å². The molecule has 0 aliphatic carbocycles. The van der Waals surface area contributed by atoms with E-state index in [1.807, 2.05) is 72.8 Å². The number of rotatable bonds is 10. The summed E-state index contributed by atoms with van der Waals surface area (Å²) >= 11 is 1.39. The molecule has 34 heavy (non-hydrogen) atoms. The van der Waals surface area contributed by atoms with Crippen LogP contribution in [0.1, 0.15) is 16.1 Å². The van der Waals surface area contributed by atoms with Crippen LogP contribution in [0.3, 0.4) is 0 Å². The zero-order valence-corrected chi connectivity index (χ0v) is 19.5. The van der Waals surface area contributed by atoms with E-state index in [-0.39, 0.29) is 5.91 Å². The fourth-order valence-electron chi connectivity index (χ4n) is 3.20. The van der Waals surface area contributed by atoms with E-state index < -0.39 is 0 Å². The summed E-state index contributed by atoms with van der Waals surface area (Å²) in [6, 6.07) is 22.7. The van der Waals surface area contributed by atoms with Gasteiger partial charge in [-0.2, -0.15) is 0 Å². The molecule has 0 radical (unpaired) electrons. The van der Waals surface area contributed by atoms with E-state index in [1.165, 1.54) is 11.3 Å². The summed E-state index contributed by atoms with van der Waals surface area (Å²) in [5, 5.41) is 5.39. The summed E-state index contributed by atoms with van der Waals surface area (Å²) in [6.45, 7) is 4.40. The lowest BCUT2D eigenvalue weighted by atomic mass is 10.2. The van der Waals surface area contributed by atoms with Crippen molar-refractivity contribution in [1.82, 2.24) is 10.3 Å². The Hall–Kier alpha value is -4.10. The first-order valence-corrected chi connectivity index (χ1v) is 11.5. The summed E-state index contributed by atoms with van der Waals surface area (Å²) in [6.07, 6.45) is 1.67. The maximum absolute atomic E-state index is 12.7. The largest absolute Gasteiger partial charge is 0.493 e. The van der Waals surface area contributed by atoms with Crippen LogP contribution in [0.25, 0.3) is 10.6 Å². The highest BCUT2D eigenvalue weighted by Gasteiger charge is 2.14. The van der Waals surface area contributed by atoms with Gasteiger partial charge < -0.3 is 19.5 Å². The molecule has 0 bridgehead atoms. The standard InChI is InChI=1S/C27H24N2O4S/c1-3-14-32-24-13-12-20(16-25(24)31-2)27-29-23(18-34-27)26(30)28-17-19-8-7-11-22(15-19)33-21-9-5-4-6-10-21/h3-13,15-16,18H,1,14,17H2,2H3,(H,28,30). The SMILES string of the molecule is C=CCOc1ccc(-c2nc(C(=O)NCc3cccc(Oc4ccccc4)c3)cs2)cc1OC. The molecule has 4 rings (SSSR count). The van der Waals surface area contributed by atoms with E-state index in [4.69, 9.17) is 14.2 Å². The number of benzene rings is 3. The van der Waals surface area contributed by atoms with Gasteiger partial charge in [-0.15, -0.1) is 11.3 Å². The lowest BCUT2D eigenvalue weighted by molar-refractivity contribution is 0.0946. The Morgan fingerprint density at radius 1 is 1.03 bits per heavy atom. The summed E-state index contributed by atoms with van der Waals surface area (Å²) in [4.78, 5) is 17.2. The van der Waals surface area contributed by atoms with Crippen molar-refractivity contribution in [2.75, 3.05) is 13.7 Å². The summed E-state index contributed by atoms with van der Waals surface area (Å²) in [5.74, 6) is 2.45. The molecule has 1 heterocycles. The highest BCUT2D eigenvalue weighted by molar-refractivity contribution is 7.13. The van der Waals surface area contributed by atoms with E-state index in [0.29, 0.717) is 36.1 Å². The van der Waals surface area contributed by atoms with Gasteiger partial charge in [0.05, 0.1) is 7.11 Å². The molecular formula is C27H24N2O4S. The molecule has 6 nitrogen and oxygen atoms in total. The van der Waals surface area contributed by atoms with Crippen LogP contribution in [-0.2, 0) is 6.54 Å². The number of hydrogen-bond donors (Lipinski definition) is 1. The number of nitrogens with one attached hydrogen (secondary N) is 1. The van der Waals surface area contributed by atoms with Gasteiger partial charge in [-0.05, 0) is 48.0 Å². The Balaban J connectivity index is 1.39. The summed E-state index contributed by atoms with van der Waals surface area (Å²) < 4.78 is 16.9. The molecule has 172 valence electrons. The number of para-hydroxylation sites is 1. The molecule has 1 amide bonds. The molecular weight excluding hydrogens is 448 g/mol. The minimum absolute atomic E-state index is 0.241. The van der Waals surface area contributed by atoms with Gasteiger partial charge in [0.1, 0.15) is 28.8 Å². The minimum Gasteiger partial charge on any atom is -0.493 e. The Kier molecular flexibility index (Phi) is 7.57. The Morgan fingerprint density at radius 2 is 1.85 bits per heavy atom. The molecule has 0 saturated carbocycles. The second kappa shape index (κ2) is 11.2. The predicted octanol–water partition coefficient (Wildman–Crippen LogP) is 6.11. The molecule has 3 aromatic carbocycles. The van der Waals surface area contributed by atoms with Gasteiger partial charge in [0.2, 0.25) is 0 Å². The molecule has 0 saturated heterocycles. The fourth-order valence-corrected chi connectivity index (χ4v) is 3.99. The Labute approximate surface area is 202 Å². The number of thiazole rings is 1. The van der Waals surface area contributed by atoms with Gasteiger partial charge in [0.15, 0.2) is 11.5 Å². The zero-order valence-electron chi connectivity index (χ0n) is 18.7. The molecule has 0 fully saturated rings. The maximum Gasteiger partial charge on any atom is 0.271 e. The molecule has 7 heteroatoms. The van der Waals surface area contributed by atoms with Gasteiger partial charge in [0.25, 0.3) is 5.91 Å². The number of ether oxygens (including phenoxy) is 3. The van der Waals surface area contributed by atoms with Gasteiger partial charge in [-0.1, -0.05) is 43.0 Å². The predicted molar refractivity (Wildman–Crippen MR) is 134 cm³/mol. The topological polar surface area (TPSA) is 69.7 Å². The number of carbonyl (C=O) groups excluding carboxylic acids is 1. The minimum atomic E-state index is -0.241. The molecule has 0 spiro atoms. The first-order valence-electron chi connectivity index (χ1n) is 10.6. The van der Waals surface area contributed by atoms with Gasteiger partial charge in [-0.3, -0.25) is 4.79 Å². The smallest absolute Gasteiger partial charge is 0.271 e. The van der Waals surface area contributed by atoms with Crippen molar-refractivity contribution in [3.63, 3.8) is 0 Å². The second-order valence-corrected chi connectivity index (χ2v) is 8.11. The van der Waals surface area contributed by atoms with E-state index in [2.05, 4.69) is 16.9 Å². The maximum atomic E-state index is 12.7. The highest BCUT2D eigenvalue weighted by atomic mass is 32.1. The van der Waals surface area contributed by atoms with Crippen LogP contribution in [-0.4, -0.2) is 24.6 Å². The van der Waals surface area contributed by atoms with Crippen molar-refractivity contribution in [3.8, 4) is 33.6 Å². The van der Waals surface area contributed by atoms with E-state index in [1.54, 1.807) is 18.6 Å². The van der Waals surface area contributed by atoms with Crippen LogP contribution in [0.5, 0.6) is 23.0 Å². The van der Waals surface area contributed by atoms with Crippen LogP contribution < -0.4 is 19.5 Å². The van der Waals surface area contributed by atoms with E-state index in [0.717, 1.165) is 21.9 Å². The van der Waals surface area contributed by atoms with Gasteiger partial charge in [-0.25, -0.2) is 4.98 Å². The molecule has 0 atom stereocenters. The molecule has 0 aliphatic rings. The first-order chi connectivity index (χ1) is 16.7. The van der Waals surface area contributed by atoms with Crippen LogP contribution in [0.4, 0.5) is 0 Å². The van der Waals surface area contributed by atoms with Crippen LogP contribution in [0.2, 0.25) is 0 Å². The molecule has 1 aromatic heterocycles. The number of methoxy groups -OCH3 is 1. The lowest BCUT2D eigenvalue weighted by Gasteiger charge is -2.10. The van der Waals surface area contributed by atoms with Gasteiger partial charge >= 0.3 is 0 Å².